The van der Waals surface area contributed by atoms with Crippen LogP contribution in [0, 0.1) is 17.0 Å². The van der Waals surface area contributed by atoms with E-state index < -0.39 is 14.9 Å². The SMILES string of the molecule is Cc1cccc(N(C)S(=O)(=O)c2ccc([N+](=O)[O-])cc2)c1. The van der Waals surface area contributed by atoms with Crippen molar-refractivity contribution < 1.29 is 13.3 Å². The van der Waals surface area contributed by atoms with Gasteiger partial charge in [0.1, 0.15) is 0 Å². The Kier molecular flexibility index (Phi) is 3.95. The molecule has 2 rings (SSSR count). The number of anilines is 1. The molecule has 0 aliphatic rings. The van der Waals surface area contributed by atoms with Crippen molar-refractivity contribution in [2.45, 2.75) is 11.8 Å². The first kappa shape index (κ1) is 15.0. The van der Waals surface area contributed by atoms with Crippen molar-refractivity contribution in [2.24, 2.45) is 0 Å². The maximum absolute atomic E-state index is 12.5. The molecule has 0 saturated carbocycles. The second-order valence-corrected chi connectivity index (χ2v) is 6.53. The van der Waals surface area contributed by atoms with E-state index in [1.54, 1.807) is 18.2 Å². The molecule has 6 nitrogen and oxygen atoms in total. The van der Waals surface area contributed by atoms with Crippen molar-refractivity contribution in [3.8, 4) is 0 Å². The third kappa shape index (κ3) is 3.03. The summed E-state index contributed by atoms with van der Waals surface area (Å²) in [5.41, 5.74) is 1.33. The first-order valence-corrected chi connectivity index (χ1v) is 7.56. The van der Waals surface area contributed by atoms with Crippen molar-refractivity contribution in [1.82, 2.24) is 0 Å². The van der Waals surface area contributed by atoms with E-state index in [4.69, 9.17) is 0 Å². The number of sulfonamides is 1. The van der Waals surface area contributed by atoms with Crippen LogP contribution in [0.25, 0.3) is 0 Å². The van der Waals surface area contributed by atoms with E-state index in [1.807, 2.05) is 13.0 Å². The molecular formula is C14H14N2O4S. The largest absolute Gasteiger partial charge is 0.269 e. The summed E-state index contributed by atoms with van der Waals surface area (Å²) in [6.45, 7) is 1.87. The van der Waals surface area contributed by atoms with Crippen molar-refractivity contribution >= 4 is 21.4 Å². The van der Waals surface area contributed by atoms with Gasteiger partial charge in [0.05, 0.1) is 15.5 Å². The van der Waals surface area contributed by atoms with E-state index in [9.17, 15) is 18.5 Å². The third-order valence-electron chi connectivity index (χ3n) is 3.07. The van der Waals surface area contributed by atoms with Gasteiger partial charge < -0.3 is 0 Å². The van der Waals surface area contributed by atoms with Gasteiger partial charge in [-0.3, -0.25) is 14.4 Å². The Bertz CT molecular complexity index is 770. The van der Waals surface area contributed by atoms with Crippen molar-refractivity contribution in [2.75, 3.05) is 11.4 Å². The Morgan fingerprint density at radius 3 is 2.24 bits per heavy atom. The molecule has 0 heterocycles. The average molecular weight is 306 g/mol. The second kappa shape index (κ2) is 5.53. The average Bonchev–Trinajstić information content (AvgIpc) is 2.46. The number of nitro benzene ring substituents is 1. The molecule has 0 N–H and O–H groups in total. The highest BCUT2D eigenvalue weighted by molar-refractivity contribution is 7.92. The van der Waals surface area contributed by atoms with Crippen molar-refractivity contribution in [3.63, 3.8) is 0 Å². The van der Waals surface area contributed by atoms with E-state index >= 15 is 0 Å². The molecule has 2 aromatic carbocycles. The lowest BCUT2D eigenvalue weighted by Gasteiger charge is -2.19. The van der Waals surface area contributed by atoms with Gasteiger partial charge in [-0.05, 0) is 36.8 Å². The van der Waals surface area contributed by atoms with Crippen LogP contribution in [0.3, 0.4) is 0 Å². The highest BCUT2D eigenvalue weighted by atomic mass is 32.2. The molecule has 0 spiro atoms. The molecule has 0 aliphatic heterocycles. The molecule has 21 heavy (non-hydrogen) atoms. The van der Waals surface area contributed by atoms with Gasteiger partial charge in [0.15, 0.2) is 0 Å². The van der Waals surface area contributed by atoms with E-state index in [2.05, 4.69) is 0 Å². The molecule has 0 bridgehead atoms. The molecule has 0 fully saturated rings. The highest BCUT2D eigenvalue weighted by Gasteiger charge is 2.22. The number of rotatable bonds is 4. The molecule has 0 unspecified atom stereocenters. The Balaban J connectivity index is 2.39. The zero-order chi connectivity index (χ0) is 15.6. The van der Waals surface area contributed by atoms with Gasteiger partial charge >= 0.3 is 0 Å². The molecule has 110 valence electrons. The summed E-state index contributed by atoms with van der Waals surface area (Å²) in [5.74, 6) is 0. The van der Waals surface area contributed by atoms with E-state index in [-0.39, 0.29) is 10.6 Å². The fourth-order valence-corrected chi connectivity index (χ4v) is 3.05. The summed E-state index contributed by atoms with van der Waals surface area (Å²) >= 11 is 0. The number of aryl methyl sites for hydroxylation is 1. The topological polar surface area (TPSA) is 80.5 Å². The van der Waals surface area contributed by atoms with Gasteiger partial charge in [0.25, 0.3) is 15.7 Å². The van der Waals surface area contributed by atoms with Crippen LogP contribution >= 0.6 is 0 Å². The maximum Gasteiger partial charge on any atom is 0.269 e. The fourth-order valence-electron chi connectivity index (χ4n) is 1.86. The zero-order valence-corrected chi connectivity index (χ0v) is 12.4. The van der Waals surface area contributed by atoms with E-state index in [0.29, 0.717) is 5.69 Å². The lowest BCUT2D eigenvalue weighted by atomic mass is 10.2. The van der Waals surface area contributed by atoms with Crippen LogP contribution in [0.15, 0.2) is 53.4 Å². The first-order valence-electron chi connectivity index (χ1n) is 6.12. The smallest absolute Gasteiger partial charge is 0.269 e. The summed E-state index contributed by atoms with van der Waals surface area (Å²) < 4.78 is 26.1. The Labute approximate surface area is 122 Å². The van der Waals surface area contributed by atoms with Gasteiger partial charge in [-0.15, -0.1) is 0 Å². The Hall–Kier alpha value is -2.41. The van der Waals surface area contributed by atoms with E-state index in [1.165, 1.54) is 31.3 Å². The summed E-state index contributed by atoms with van der Waals surface area (Å²) in [6.07, 6.45) is 0. The summed E-state index contributed by atoms with van der Waals surface area (Å²) in [7, 11) is -2.29. The van der Waals surface area contributed by atoms with Crippen LogP contribution in [0.4, 0.5) is 11.4 Å². The predicted octanol–water partition coefficient (Wildman–Crippen LogP) is 2.73. The summed E-state index contributed by atoms with van der Waals surface area (Å²) in [6, 6.07) is 11.9. The molecule has 0 aromatic heterocycles. The quantitative estimate of drug-likeness (QED) is 0.642. The van der Waals surface area contributed by atoms with Crippen LogP contribution in [-0.4, -0.2) is 20.4 Å². The van der Waals surface area contributed by atoms with Crippen molar-refractivity contribution in [1.29, 1.82) is 0 Å². The van der Waals surface area contributed by atoms with Gasteiger partial charge in [0.2, 0.25) is 0 Å². The number of hydrogen-bond donors (Lipinski definition) is 0. The van der Waals surface area contributed by atoms with Crippen LogP contribution in [0.5, 0.6) is 0 Å². The zero-order valence-electron chi connectivity index (χ0n) is 11.6. The summed E-state index contributed by atoms with van der Waals surface area (Å²) in [4.78, 5) is 10.0. The minimum Gasteiger partial charge on any atom is -0.269 e. The molecule has 2 aromatic rings. The number of hydrogen-bond acceptors (Lipinski definition) is 4. The third-order valence-corrected chi connectivity index (χ3v) is 4.87. The van der Waals surface area contributed by atoms with Crippen LogP contribution < -0.4 is 4.31 Å². The Morgan fingerprint density at radius 1 is 1.10 bits per heavy atom. The highest BCUT2D eigenvalue weighted by Crippen LogP contribution is 2.24. The van der Waals surface area contributed by atoms with Gasteiger partial charge in [-0.1, -0.05) is 12.1 Å². The minimum absolute atomic E-state index is 0.0112. The number of nitrogens with zero attached hydrogens (tertiary/aromatic N) is 2. The van der Waals surface area contributed by atoms with Gasteiger partial charge in [0, 0.05) is 19.2 Å². The second-order valence-electron chi connectivity index (χ2n) is 4.56. The maximum atomic E-state index is 12.5. The molecule has 0 saturated heterocycles. The number of non-ortho nitro benzene ring substituents is 1. The van der Waals surface area contributed by atoms with Crippen LogP contribution in [0.1, 0.15) is 5.56 Å². The molecule has 0 radical (unpaired) electrons. The normalized spacial score (nSPS) is 11.1. The molecular weight excluding hydrogens is 292 g/mol. The first-order chi connectivity index (χ1) is 9.82. The molecule has 0 amide bonds. The van der Waals surface area contributed by atoms with Crippen molar-refractivity contribution in [3.05, 3.63) is 64.2 Å². The summed E-state index contributed by atoms with van der Waals surface area (Å²) in [5, 5.41) is 10.6. The number of nitro groups is 1. The number of benzene rings is 2. The molecule has 7 heteroatoms. The standard InChI is InChI=1S/C14H14N2O4S/c1-11-4-3-5-13(10-11)15(2)21(19,20)14-8-6-12(7-9-14)16(17)18/h3-10H,1-2H3. The lowest BCUT2D eigenvalue weighted by Crippen LogP contribution is -2.26. The molecule has 0 aliphatic carbocycles. The van der Waals surface area contributed by atoms with E-state index in [0.717, 1.165) is 9.87 Å². The Morgan fingerprint density at radius 2 is 1.71 bits per heavy atom. The monoisotopic (exact) mass is 306 g/mol. The van der Waals surface area contributed by atoms with Gasteiger partial charge in [-0.2, -0.15) is 0 Å². The minimum atomic E-state index is -3.74. The predicted molar refractivity (Wildman–Crippen MR) is 79.9 cm³/mol. The van der Waals surface area contributed by atoms with Crippen LogP contribution in [-0.2, 0) is 10.0 Å². The van der Waals surface area contributed by atoms with Gasteiger partial charge in [-0.25, -0.2) is 8.42 Å². The fraction of sp³-hybridized carbons (Fsp3) is 0.143. The molecule has 0 atom stereocenters. The van der Waals surface area contributed by atoms with Crippen LogP contribution in [0.2, 0.25) is 0 Å². The lowest BCUT2D eigenvalue weighted by molar-refractivity contribution is -0.384.